The number of carbonyl (C=O) groups excluding carboxylic acids is 1. The number of halogens is 5. The Morgan fingerprint density at radius 1 is 1.23 bits per heavy atom. The number of aromatic nitrogens is 5. The van der Waals surface area contributed by atoms with Gasteiger partial charge in [0, 0.05) is 19.2 Å². The summed E-state index contributed by atoms with van der Waals surface area (Å²) < 4.78 is 55.9. The summed E-state index contributed by atoms with van der Waals surface area (Å²) in [7, 11) is 1.53. The van der Waals surface area contributed by atoms with Crippen molar-refractivity contribution in [2.45, 2.75) is 46.3 Å². The Kier molecular flexibility index (Phi) is 6.30. The number of likely N-dealkylation sites (N-methyl/N-ethyl adjacent to an activating group) is 1. The van der Waals surface area contributed by atoms with E-state index < -0.39 is 30.0 Å². The predicted molar refractivity (Wildman–Crippen MR) is 102 cm³/mol. The van der Waals surface area contributed by atoms with Crippen LogP contribution < -0.4 is 0 Å². The second-order valence-corrected chi connectivity index (χ2v) is 7.09. The minimum absolute atomic E-state index is 0.0306. The van der Waals surface area contributed by atoms with E-state index in [4.69, 9.17) is 11.6 Å². The third kappa shape index (κ3) is 4.11. The average Bonchev–Trinajstić information content (AvgIpc) is 3.20. The molecule has 0 aliphatic heterocycles. The molecule has 0 N–H and O–H groups in total. The van der Waals surface area contributed by atoms with Gasteiger partial charge in [-0.05, 0) is 19.9 Å². The number of carbonyl (C=O) groups is 1. The highest BCUT2D eigenvalue weighted by Crippen LogP contribution is 2.32. The molecule has 7 nitrogen and oxygen atoms in total. The van der Waals surface area contributed by atoms with Gasteiger partial charge in [0.2, 0.25) is 5.91 Å². The lowest BCUT2D eigenvalue weighted by Crippen LogP contribution is -2.31. The van der Waals surface area contributed by atoms with Crippen molar-refractivity contribution in [2.24, 2.45) is 0 Å². The summed E-state index contributed by atoms with van der Waals surface area (Å²) in [5.74, 6) is -0.429. The molecule has 30 heavy (non-hydrogen) atoms. The van der Waals surface area contributed by atoms with Crippen LogP contribution in [0.1, 0.15) is 42.4 Å². The molecule has 0 saturated carbocycles. The summed E-state index contributed by atoms with van der Waals surface area (Å²) in [4.78, 5) is 17.9. The molecule has 0 fully saturated rings. The molecule has 3 aromatic heterocycles. The van der Waals surface area contributed by atoms with Crippen LogP contribution in [0.25, 0.3) is 11.0 Å². The lowest BCUT2D eigenvalue weighted by Gasteiger charge is -2.18. The van der Waals surface area contributed by atoms with E-state index in [1.807, 2.05) is 6.92 Å². The molecule has 162 valence electrons. The smallest absolute Gasteiger partial charge is 0.280 e. The molecule has 3 rings (SSSR count). The number of rotatable bonds is 7. The quantitative estimate of drug-likeness (QED) is 0.511. The Labute approximate surface area is 174 Å². The molecule has 1 amide bonds. The first-order chi connectivity index (χ1) is 14.1. The average molecular weight is 447 g/mol. The predicted octanol–water partition coefficient (Wildman–Crippen LogP) is 4.14. The van der Waals surface area contributed by atoms with Gasteiger partial charge in [0.15, 0.2) is 5.65 Å². The van der Waals surface area contributed by atoms with Crippen molar-refractivity contribution >= 4 is 28.5 Å². The largest absolute Gasteiger partial charge is 0.338 e. The van der Waals surface area contributed by atoms with Crippen LogP contribution in [0.2, 0.25) is 5.02 Å². The van der Waals surface area contributed by atoms with Gasteiger partial charge in [-0.2, -0.15) is 10.2 Å². The zero-order chi connectivity index (χ0) is 22.2. The molecule has 0 atom stereocenters. The van der Waals surface area contributed by atoms with E-state index in [0.29, 0.717) is 23.3 Å². The zero-order valence-corrected chi connectivity index (χ0v) is 17.2. The molecular weight excluding hydrogens is 428 g/mol. The maximum atomic E-state index is 13.4. The molecule has 0 aliphatic carbocycles. The number of nitrogens with zero attached hydrogens (tertiary/aromatic N) is 6. The van der Waals surface area contributed by atoms with Crippen molar-refractivity contribution in [3.63, 3.8) is 0 Å². The molecule has 3 aromatic rings. The van der Waals surface area contributed by atoms with Crippen LogP contribution >= 0.6 is 11.6 Å². The SMILES string of the molecule is CCn1ncc(Cl)c1CN(C)C(=O)Cn1nc(C)c2c(C(F)F)cc(C(F)F)nc21. The Morgan fingerprint density at radius 2 is 1.93 bits per heavy atom. The van der Waals surface area contributed by atoms with E-state index in [-0.39, 0.29) is 29.8 Å². The third-order valence-electron chi connectivity index (χ3n) is 4.68. The van der Waals surface area contributed by atoms with Crippen molar-refractivity contribution < 1.29 is 22.4 Å². The second-order valence-electron chi connectivity index (χ2n) is 6.68. The molecule has 0 unspecified atom stereocenters. The fourth-order valence-corrected chi connectivity index (χ4v) is 3.38. The molecule has 0 aliphatic rings. The van der Waals surface area contributed by atoms with E-state index in [2.05, 4.69) is 15.2 Å². The molecule has 0 spiro atoms. The van der Waals surface area contributed by atoms with Gasteiger partial charge in [0.05, 0.1) is 34.5 Å². The molecule has 0 aromatic carbocycles. The fraction of sp³-hybridized carbons (Fsp3) is 0.444. The standard InChI is InChI=1S/C18H19ClF4N6O/c1-4-28-13(11(19)6-24-28)7-27(3)14(30)8-29-18-15(9(2)26-29)10(16(20)21)5-12(25-18)17(22)23/h5-6,16-17H,4,7-8H2,1-3H3. The van der Waals surface area contributed by atoms with Gasteiger partial charge in [-0.15, -0.1) is 0 Å². The highest BCUT2D eigenvalue weighted by atomic mass is 35.5. The number of hydrogen-bond acceptors (Lipinski definition) is 4. The molecule has 12 heteroatoms. The molecular formula is C18H19ClF4N6O. The third-order valence-corrected chi connectivity index (χ3v) is 5.00. The molecule has 0 radical (unpaired) electrons. The molecule has 3 heterocycles. The summed E-state index contributed by atoms with van der Waals surface area (Å²) in [6, 6.07) is 0.679. The van der Waals surface area contributed by atoms with Crippen LogP contribution in [0.4, 0.5) is 17.6 Å². The van der Waals surface area contributed by atoms with Gasteiger partial charge >= 0.3 is 0 Å². The summed E-state index contributed by atoms with van der Waals surface area (Å²) in [5.41, 5.74) is -0.748. The summed E-state index contributed by atoms with van der Waals surface area (Å²) in [5, 5.41) is 8.57. The Morgan fingerprint density at radius 3 is 2.53 bits per heavy atom. The lowest BCUT2D eigenvalue weighted by molar-refractivity contribution is -0.131. The normalized spacial score (nSPS) is 11.8. The fourth-order valence-electron chi connectivity index (χ4n) is 3.18. The van der Waals surface area contributed by atoms with E-state index in [9.17, 15) is 22.4 Å². The van der Waals surface area contributed by atoms with Crippen molar-refractivity contribution in [3.05, 3.63) is 39.9 Å². The van der Waals surface area contributed by atoms with E-state index in [1.165, 1.54) is 25.1 Å². The Hall–Kier alpha value is -2.69. The van der Waals surface area contributed by atoms with Crippen LogP contribution in [0, 0.1) is 6.92 Å². The number of aryl methyl sites for hydroxylation is 2. The van der Waals surface area contributed by atoms with Crippen LogP contribution in [0.3, 0.4) is 0 Å². The first kappa shape index (κ1) is 22.0. The van der Waals surface area contributed by atoms with Gasteiger partial charge in [0.1, 0.15) is 12.2 Å². The number of amides is 1. The molecule has 0 saturated heterocycles. The maximum absolute atomic E-state index is 13.4. The number of hydrogen-bond donors (Lipinski definition) is 0. The summed E-state index contributed by atoms with van der Waals surface area (Å²) in [6.45, 7) is 3.69. The van der Waals surface area contributed by atoms with Crippen molar-refractivity contribution in [2.75, 3.05) is 7.05 Å². The minimum atomic E-state index is -3.04. The first-order valence-electron chi connectivity index (χ1n) is 9.02. The monoisotopic (exact) mass is 446 g/mol. The second kappa shape index (κ2) is 8.58. The lowest BCUT2D eigenvalue weighted by atomic mass is 10.1. The van der Waals surface area contributed by atoms with Gasteiger partial charge in [-0.25, -0.2) is 27.2 Å². The van der Waals surface area contributed by atoms with Gasteiger partial charge < -0.3 is 4.90 Å². The number of pyridine rings is 1. The zero-order valence-electron chi connectivity index (χ0n) is 16.4. The number of alkyl halides is 4. The van der Waals surface area contributed by atoms with E-state index >= 15 is 0 Å². The van der Waals surface area contributed by atoms with Crippen molar-refractivity contribution in [1.29, 1.82) is 0 Å². The van der Waals surface area contributed by atoms with Gasteiger partial charge in [-0.1, -0.05) is 11.6 Å². The van der Waals surface area contributed by atoms with Crippen LogP contribution in [0.5, 0.6) is 0 Å². The Balaban J connectivity index is 1.93. The van der Waals surface area contributed by atoms with Crippen LogP contribution in [-0.2, 0) is 24.4 Å². The van der Waals surface area contributed by atoms with Gasteiger partial charge in [-0.3, -0.25) is 9.48 Å². The minimum Gasteiger partial charge on any atom is -0.338 e. The van der Waals surface area contributed by atoms with Crippen LogP contribution in [-0.4, -0.2) is 42.4 Å². The first-order valence-corrected chi connectivity index (χ1v) is 9.40. The van der Waals surface area contributed by atoms with E-state index in [1.54, 1.807) is 4.68 Å². The van der Waals surface area contributed by atoms with Crippen molar-refractivity contribution in [1.82, 2.24) is 29.4 Å². The summed E-state index contributed by atoms with van der Waals surface area (Å²) >= 11 is 6.12. The highest BCUT2D eigenvalue weighted by molar-refractivity contribution is 6.31. The number of fused-ring (bicyclic) bond motifs is 1. The maximum Gasteiger partial charge on any atom is 0.280 e. The van der Waals surface area contributed by atoms with Crippen molar-refractivity contribution in [3.8, 4) is 0 Å². The van der Waals surface area contributed by atoms with Gasteiger partial charge in [0.25, 0.3) is 12.9 Å². The van der Waals surface area contributed by atoms with E-state index in [0.717, 1.165) is 4.68 Å². The molecule has 0 bridgehead atoms. The highest BCUT2D eigenvalue weighted by Gasteiger charge is 2.24. The topological polar surface area (TPSA) is 68.8 Å². The Bertz CT molecular complexity index is 1080. The summed E-state index contributed by atoms with van der Waals surface area (Å²) in [6.07, 6.45) is -4.55. The van der Waals surface area contributed by atoms with Crippen LogP contribution in [0.15, 0.2) is 12.3 Å².